The summed E-state index contributed by atoms with van der Waals surface area (Å²) in [5.41, 5.74) is 0. The molecule has 1 amide bonds. The molecule has 5 nitrogen and oxygen atoms in total. The smallest absolute Gasteiger partial charge is 0.389 e. The summed E-state index contributed by atoms with van der Waals surface area (Å²) in [4.78, 5) is 21.6. The highest BCUT2D eigenvalue weighted by Crippen LogP contribution is 2.31. The topological polar surface area (TPSA) is 55.3 Å². The van der Waals surface area contributed by atoms with Crippen molar-refractivity contribution in [2.24, 2.45) is 0 Å². The Labute approximate surface area is 99.1 Å². The van der Waals surface area contributed by atoms with Crippen LogP contribution in [0.25, 0.3) is 0 Å². The van der Waals surface area contributed by atoms with E-state index in [1.807, 2.05) is 4.90 Å². The van der Waals surface area contributed by atoms with E-state index in [1.165, 1.54) is 12.4 Å². The van der Waals surface area contributed by atoms with Crippen LogP contribution < -0.4 is 4.74 Å². The summed E-state index contributed by atoms with van der Waals surface area (Å²) in [5, 5.41) is 0. The van der Waals surface area contributed by atoms with Gasteiger partial charge >= 0.3 is 6.09 Å². The first kappa shape index (κ1) is 10.3. The summed E-state index contributed by atoms with van der Waals surface area (Å²) >= 11 is 0. The van der Waals surface area contributed by atoms with Crippen LogP contribution in [-0.4, -0.2) is 33.0 Å². The molecule has 3 rings (SSSR count). The van der Waals surface area contributed by atoms with E-state index in [-0.39, 0.29) is 24.1 Å². The minimum absolute atomic E-state index is 0.193. The molecule has 0 N–H and O–H groups in total. The number of hydrogen-bond donors (Lipinski definition) is 0. The normalized spacial score (nSPS) is 26.0. The fourth-order valence-corrected chi connectivity index (χ4v) is 2.49. The van der Waals surface area contributed by atoms with Crippen LogP contribution in [-0.2, 0) is 0 Å². The quantitative estimate of drug-likeness (QED) is 0.691. The van der Waals surface area contributed by atoms with Crippen molar-refractivity contribution in [3.8, 4) is 5.88 Å². The van der Waals surface area contributed by atoms with Crippen molar-refractivity contribution in [2.75, 3.05) is 0 Å². The third kappa shape index (κ3) is 1.88. The van der Waals surface area contributed by atoms with E-state index >= 15 is 0 Å². The van der Waals surface area contributed by atoms with Gasteiger partial charge < -0.3 is 4.74 Å². The minimum Gasteiger partial charge on any atom is -0.389 e. The molecule has 2 atom stereocenters. The second kappa shape index (κ2) is 4.16. The minimum atomic E-state index is -0.317. The average molecular weight is 231 g/mol. The van der Waals surface area contributed by atoms with Crippen molar-refractivity contribution in [2.45, 2.75) is 31.3 Å². The summed E-state index contributed by atoms with van der Waals surface area (Å²) in [6, 6.07) is 0.479. The standard InChI is InChI=1S/C12H13N3O2/c16-12(17-11-8-13-6-7-14-11)15-9-2-1-3-10(15)5-4-9/h1-2,6-10H,3-5H2. The Balaban J connectivity index is 1.73. The maximum atomic E-state index is 12.0. The lowest BCUT2D eigenvalue weighted by atomic mass is 10.1. The summed E-state index contributed by atoms with van der Waals surface area (Å²) in [6.07, 6.45) is 11.4. The summed E-state index contributed by atoms with van der Waals surface area (Å²) in [7, 11) is 0. The van der Waals surface area contributed by atoms with Crippen LogP contribution in [0.3, 0.4) is 0 Å². The highest BCUT2D eigenvalue weighted by atomic mass is 16.6. The average Bonchev–Trinajstić information content (AvgIpc) is 2.61. The molecule has 3 heterocycles. The Bertz CT molecular complexity index is 446. The maximum Gasteiger partial charge on any atom is 0.417 e. The molecular formula is C12H13N3O2. The van der Waals surface area contributed by atoms with Gasteiger partial charge in [-0.15, -0.1) is 0 Å². The predicted molar refractivity (Wildman–Crippen MR) is 60.5 cm³/mol. The molecular weight excluding hydrogens is 218 g/mol. The van der Waals surface area contributed by atoms with Gasteiger partial charge in [-0.1, -0.05) is 12.2 Å². The Morgan fingerprint density at radius 2 is 2.35 bits per heavy atom. The van der Waals surface area contributed by atoms with E-state index in [0.717, 1.165) is 19.3 Å². The fraction of sp³-hybridized carbons (Fsp3) is 0.417. The largest absolute Gasteiger partial charge is 0.417 e. The van der Waals surface area contributed by atoms with Gasteiger partial charge in [0, 0.05) is 18.4 Å². The van der Waals surface area contributed by atoms with Crippen LogP contribution in [0.5, 0.6) is 5.88 Å². The number of hydrogen-bond acceptors (Lipinski definition) is 4. The number of carbonyl (C=O) groups is 1. The van der Waals surface area contributed by atoms with Gasteiger partial charge in [0.15, 0.2) is 0 Å². The maximum absolute atomic E-state index is 12.0. The van der Waals surface area contributed by atoms with Gasteiger partial charge in [0.2, 0.25) is 5.88 Å². The molecule has 5 heteroatoms. The summed E-state index contributed by atoms with van der Waals surface area (Å²) < 4.78 is 5.21. The first-order valence-corrected chi connectivity index (χ1v) is 5.77. The first-order valence-electron chi connectivity index (χ1n) is 5.77. The monoisotopic (exact) mass is 231 g/mol. The molecule has 0 spiro atoms. The number of aromatic nitrogens is 2. The van der Waals surface area contributed by atoms with E-state index in [0.29, 0.717) is 0 Å². The highest BCUT2D eigenvalue weighted by molar-refractivity contribution is 5.72. The summed E-state index contributed by atoms with van der Waals surface area (Å²) in [5.74, 6) is 0.256. The molecule has 1 aromatic rings. The summed E-state index contributed by atoms with van der Waals surface area (Å²) in [6.45, 7) is 0. The van der Waals surface area contributed by atoms with Crippen LogP contribution in [0.1, 0.15) is 19.3 Å². The van der Waals surface area contributed by atoms with Crippen molar-refractivity contribution < 1.29 is 9.53 Å². The second-order valence-corrected chi connectivity index (χ2v) is 4.28. The molecule has 1 saturated heterocycles. The van der Waals surface area contributed by atoms with Crippen LogP contribution >= 0.6 is 0 Å². The van der Waals surface area contributed by atoms with Gasteiger partial charge in [-0.3, -0.25) is 9.88 Å². The molecule has 1 fully saturated rings. The van der Waals surface area contributed by atoms with Gasteiger partial charge in [-0.25, -0.2) is 9.78 Å². The van der Waals surface area contributed by atoms with Crippen LogP contribution in [0.15, 0.2) is 30.7 Å². The van der Waals surface area contributed by atoms with Crippen molar-refractivity contribution in [1.82, 2.24) is 14.9 Å². The zero-order valence-electron chi connectivity index (χ0n) is 9.32. The second-order valence-electron chi connectivity index (χ2n) is 4.28. The first-order chi connectivity index (χ1) is 8.34. The van der Waals surface area contributed by atoms with Crippen molar-refractivity contribution >= 4 is 6.09 Å². The SMILES string of the molecule is O=C(Oc1cnccn1)N1C2C=CCC1CC2. The van der Waals surface area contributed by atoms with Crippen molar-refractivity contribution in [1.29, 1.82) is 0 Å². The molecule has 2 aliphatic rings. The number of amides is 1. The molecule has 0 radical (unpaired) electrons. The van der Waals surface area contributed by atoms with Gasteiger partial charge in [-0.2, -0.15) is 0 Å². The van der Waals surface area contributed by atoms with E-state index in [4.69, 9.17) is 4.74 Å². The lowest BCUT2D eigenvalue weighted by Gasteiger charge is -2.29. The van der Waals surface area contributed by atoms with Crippen molar-refractivity contribution in [3.05, 3.63) is 30.7 Å². The Morgan fingerprint density at radius 3 is 3.12 bits per heavy atom. The van der Waals surface area contributed by atoms with Gasteiger partial charge in [0.25, 0.3) is 0 Å². The molecule has 0 aliphatic carbocycles. The predicted octanol–water partition coefficient (Wildman–Crippen LogP) is 1.77. The van der Waals surface area contributed by atoms with Crippen LogP contribution in [0.4, 0.5) is 4.79 Å². The Hall–Kier alpha value is -1.91. The molecule has 2 bridgehead atoms. The lowest BCUT2D eigenvalue weighted by Crippen LogP contribution is -2.43. The number of ether oxygens (including phenoxy) is 1. The Morgan fingerprint density at radius 1 is 1.41 bits per heavy atom. The number of rotatable bonds is 1. The highest BCUT2D eigenvalue weighted by Gasteiger charge is 2.38. The molecule has 2 unspecified atom stereocenters. The van der Waals surface area contributed by atoms with Gasteiger partial charge in [0.05, 0.1) is 12.2 Å². The molecule has 1 aromatic heterocycles. The molecule has 17 heavy (non-hydrogen) atoms. The molecule has 88 valence electrons. The van der Waals surface area contributed by atoms with E-state index < -0.39 is 0 Å². The zero-order valence-corrected chi connectivity index (χ0v) is 9.32. The van der Waals surface area contributed by atoms with Crippen molar-refractivity contribution in [3.63, 3.8) is 0 Å². The molecule has 0 saturated carbocycles. The molecule has 0 aromatic carbocycles. The number of fused-ring (bicyclic) bond motifs is 2. The number of carbonyl (C=O) groups excluding carboxylic acids is 1. The fourth-order valence-electron chi connectivity index (χ4n) is 2.49. The Kier molecular flexibility index (Phi) is 2.51. The lowest BCUT2D eigenvalue weighted by molar-refractivity contribution is 0.132. The van der Waals surface area contributed by atoms with E-state index in [1.54, 1.807) is 6.20 Å². The number of nitrogens with zero attached hydrogens (tertiary/aromatic N) is 3. The van der Waals surface area contributed by atoms with E-state index in [2.05, 4.69) is 22.1 Å². The van der Waals surface area contributed by atoms with Crippen LogP contribution in [0, 0.1) is 0 Å². The third-order valence-electron chi connectivity index (χ3n) is 3.25. The molecule has 2 aliphatic heterocycles. The van der Waals surface area contributed by atoms with Crippen LogP contribution in [0.2, 0.25) is 0 Å². The van der Waals surface area contributed by atoms with Gasteiger partial charge in [0.1, 0.15) is 0 Å². The zero-order chi connectivity index (χ0) is 11.7. The van der Waals surface area contributed by atoms with Gasteiger partial charge in [-0.05, 0) is 19.3 Å². The van der Waals surface area contributed by atoms with E-state index in [9.17, 15) is 4.79 Å². The third-order valence-corrected chi connectivity index (χ3v) is 3.25.